The molecule has 1 aromatic carbocycles. The van der Waals surface area contributed by atoms with Gasteiger partial charge < -0.3 is 5.32 Å². The van der Waals surface area contributed by atoms with Gasteiger partial charge in [0.05, 0.1) is 19.0 Å². The lowest BCUT2D eigenvalue weighted by Crippen LogP contribution is -2.21. The standard InChI is InChI=1S/C13H15N3O/c1-16(7-5-14)6-4-10-2-3-12-11(8-10)9-13(17)15-12/h2-3,8H,4,6-7,9H2,1H3,(H,15,17). The molecule has 1 aliphatic rings. The van der Waals surface area contributed by atoms with Crippen molar-refractivity contribution in [3.8, 4) is 6.07 Å². The molecule has 1 heterocycles. The number of hydrogen-bond donors (Lipinski definition) is 1. The normalized spacial score (nSPS) is 13.4. The fourth-order valence-electron chi connectivity index (χ4n) is 1.96. The van der Waals surface area contributed by atoms with Crippen LogP contribution in [0.4, 0.5) is 5.69 Å². The maximum Gasteiger partial charge on any atom is 0.228 e. The monoisotopic (exact) mass is 229 g/mol. The molecular weight excluding hydrogens is 214 g/mol. The van der Waals surface area contributed by atoms with Crippen LogP contribution in [0.5, 0.6) is 0 Å². The average Bonchev–Trinajstić information content (AvgIpc) is 2.66. The van der Waals surface area contributed by atoms with E-state index in [1.54, 1.807) is 0 Å². The number of benzene rings is 1. The molecule has 1 aromatic rings. The van der Waals surface area contributed by atoms with E-state index >= 15 is 0 Å². The van der Waals surface area contributed by atoms with Gasteiger partial charge in [0.1, 0.15) is 0 Å². The highest BCUT2D eigenvalue weighted by molar-refractivity contribution is 5.99. The third-order valence-electron chi connectivity index (χ3n) is 2.92. The van der Waals surface area contributed by atoms with Crippen LogP contribution < -0.4 is 5.32 Å². The fourth-order valence-corrected chi connectivity index (χ4v) is 1.96. The van der Waals surface area contributed by atoms with Crippen LogP contribution in [0.3, 0.4) is 0 Å². The number of nitriles is 1. The Kier molecular flexibility index (Phi) is 3.40. The number of carbonyl (C=O) groups excluding carboxylic acids is 1. The molecule has 1 N–H and O–H groups in total. The zero-order chi connectivity index (χ0) is 12.3. The first-order valence-corrected chi connectivity index (χ1v) is 5.66. The molecule has 0 aromatic heterocycles. The van der Waals surface area contributed by atoms with Crippen molar-refractivity contribution in [3.63, 3.8) is 0 Å². The topological polar surface area (TPSA) is 56.1 Å². The van der Waals surface area contributed by atoms with Gasteiger partial charge in [-0.15, -0.1) is 0 Å². The molecule has 4 nitrogen and oxygen atoms in total. The van der Waals surface area contributed by atoms with Crippen LogP contribution >= 0.6 is 0 Å². The van der Waals surface area contributed by atoms with Crippen LogP contribution in [0, 0.1) is 11.3 Å². The van der Waals surface area contributed by atoms with E-state index in [1.165, 1.54) is 5.56 Å². The van der Waals surface area contributed by atoms with Gasteiger partial charge in [-0.05, 0) is 30.7 Å². The smallest absolute Gasteiger partial charge is 0.228 e. The van der Waals surface area contributed by atoms with Gasteiger partial charge in [0.15, 0.2) is 0 Å². The number of hydrogen-bond acceptors (Lipinski definition) is 3. The van der Waals surface area contributed by atoms with E-state index < -0.39 is 0 Å². The van der Waals surface area contributed by atoms with Crippen LogP contribution in [0.25, 0.3) is 0 Å². The molecule has 0 spiro atoms. The van der Waals surface area contributed by atoms with Gasteiger partial charge in [-0.1, -0.05) is 12.1 Å². The highest BCUT2D eigenvalue weighted by atomic mass is 16.1. The summed E-state index contributed by atoms with van der Waals surface area (Å²) in [6.07, 6.45) is 1.39. The number of amides is 1. The lowest BCUT2D eigenvalue weighted by Gasteiger charge is -2.12. The predicted octanol–water partition coefficient (Wildman–Crippen LogP) is 1.18. The van der Waals surface area contributed by atoms with E-state index in [4.69, 9.17) is 5.26 Å². The number of nitrogens with zero attached hydrogens (tertiary/aromatic N) is 2. The SMILES string of the molecule is CN(CC#N)CCc1ccc2c(c1)CC(=O)N2. The van der Waals surface area contributed by atoms with Gasteiger partial charge in [0.25, 0.3) is 0 Å². The maximum atomic E-state index is 11.2. The number of carbonyl (C=O) groups is 1. The van der Waals surface area contributed by atoms with Crippen molar-refractivity contribution in [2.75, 3.05) is 25.5 Å². The summed E-state index contributed by atoms with van der Waals surface area (Å²) in [6, 6.07) is 8.19. The number of nitrogens with one attached hydrogen (secondary N) is 1. The van der Waals surface area contributed by atoms with Gasteiger partial charge in [-0.2, -0.15) is 5.26 Å². The lowest BCUT2D eigenvalue weighted by atomic mass is 10.1. The van der Waals surface area contributed by atoms with Gasteiger partial charge in [0, 0.05) is 12.2 Å². The summed E-state index contributed by atoms with van der Waals surface area (Å²) in [4.78, 5) is 13.2. The largest absolute Gasteiger partial charge is 0.326 e. The Morgan fingerprint density at radius 3 is 3.12 bits per heavy atom. The van der Waals surface area contributed by atoms with E-state index in [2.05, 4.69) is 17.5 Å². The Bertz CT molecular complexity index is 476. The van der Waals surface area contributed by atoms with Crippen LogP contribution in [0.2, 0.25) is 0 Å². The molecule has 4 heteroatoms. The van der Waals surface area contributed by atoms with Crippen LogP contribution in [0.15, 0.2) is 18.2 Å². The van der Waals surface area contributed by atoms with E-state index in [0.29, 0.717) is 13.0 Å². The molecule has 0 radical (unpaired) electrons. The van der Waals surface area contributed by atoms with E-state index in [1.807, 2.05) is 24.1 Å². The van der Waals surface area contributed by atoms with Crippen molar-refractivity contribution in [1.29, 1.82) is 5.26 Å². The third kappa shape index (κ3) is 2.83. The molecule has 2 rings (SSSR count). The molecule has 0 bridgehead atoms. The first-order chi connectivity index (χ1) is 8.19. The first kappa shape index (κ1) is 11.6. The molecule has 0 aliphatic carbocycles. The molecule has 1 amide bonds. The summed E-state index contributed by atoms with van der Waals surface area (Å²) in [5.41, 5.74) is 3.23. The van der Waals surface area contributed by atoms with Crippen LogP contribution in [-0.2, 0) is 17.6 Å². The van der Waals surface area contributed by atoms with Crippen molar-refractivity contribution in [1.82, 2.24) is 4.90 Å². The molecule has 1 aliphatic heterocycles. The quantitative estimate of drug-likeness (QED) is 0.789. The zero-order valence-electron chi connectivity index (χ0n) is 9.86. The van der Waals surface area contributed by atoms with E-state index in [-0.39, 0.29) is 5.91 Å². The van der Waals surface area contributed by atoms with Crippen LogP contribution in [-0.4, -0.2) is 30.9 Å². The predicted molar refractivity (Wildman–Crippen MR) is 65.6 cm³/mol. The second-order valence-corrected chi connectivity index (χ2v) is 4.36. The Hall–Kier alpha value is -1.86. The molecule has 17 heavy (non-hydrogen) atoms. The van der Waals surface area contributed by atoms with E-state index in [0.717, 1.165) is 24.2 Å². The Morgan fingerprint density at radius 2 is 2.35 bits per heavy atom. The Morgan fingerprint density at radius 1 is 1.53 bits per heavy atom. The van der Waals surface area contributed by atoms with Crippen LogP contribution in [0.1, 0.15) is 11.1 Å². The van der Waals surface area contributed by atoms with Gasteiger partial charge in [-0.3, -0.25) is 9.69 Å². The second kappa shape index (κ2) is 4.98. The summed E-state index contributed by atoms with van der Waals surface area (Å²) in [6.45, 7) is 1.30. The third-order valence-corrected chi connectivity index (χ3v) is 2.92. The molecule has 0 saturated carbocycles. The molecule has 0 saturated heterocycles. The second-order valence-electron chi connectivity index (χ2n) is 4.36. The van der Waals surface area contributed by atoms with Gasteiger partial charge in [-0.25, -0.2) is 0 Å². The molecule has 0 unspecified atom stereocenters. The van der Waals surface area contributed by atoms with E-state index in [9.17, 15) is 4.79 Å². The minimum absolute atomic E-state index is 0.0683. The van der Waals surface area contributed by atoms with Gasteiger partial charge >= 0.3 is 0 Å². The minimum atomic E-state index is 0.0683. The van der Waals surface area contributed by atoms with Crippen molar-refractivity contribution in [2.24, 2.45) is 0 Å². The molecule has 88 valence electrons. The number of rotatable bonds is 4. The summed E-state index contributed by atoms with van der Waals surface area (Å²) >= 11 is 0. The fraction of sp³-hybridized carbons (Fsp3) is 0.385. The highest BCUT2D eigenvalue weighted by Crippen LogP contribution is 2.23. The lowest BCUT2D eigenvalue weighted by molar-refractivity contribution is -0.115. The van der Waals surface area contributed by atoms with Gasteiger partial charge in [0.2, 0.25) is 5.91 Å². The number of fused-ring (bicyclic) bond motifs is 1. The van der Waals surface area contributed by atoms with Crippen molar-refractivity contribution < 1.29 is 4.79 Å². The summed E-state index contributed by atoms with van der Waals surface area (Å²) in [5, 5.41) is 11.4. The molecule has 0 atom stereocenters. The maximum absolute atomic E-state index is 11.2. The summed E-state index contributed by atoms with van der Waals surface area (Å²) in [5.74, 6) is 0.0683. The summed E-state index contributed by atoms with van der Waals surface area (Å²) in [7, 11) is 1.93. The Balaban J connectivity index is 1.97. The van der Waals surface area contributed by atoms with Crippen molar-refractivity contribution >= 4 is 11.6 Å². The van der Waals surface area contributed by atoms with Crippen molar-refractivity contribution in [3.05, 3.63) is 29.3 Å². The summed E-state index contributed by atoms with van der Waals surface area (Å²) < 4.78 is 0. The number of likely N-dealkylation sites (N-methyl/N-ethyl adjacent to an activating group) is 1. The Labute approximate surface area is 101 Å². The zero-order valence-corrected chi connectivity index (χ0v) is 9.86. The minimum Gasteiger partial charge on any atom is -0.326 e. The molecular formula is C13H15N3O. The average molecular weight is 229 g/mol. The first-order valence-electron chi connectivity index (χ1n) is 5.66. The number of anilines is 1. The highest BCUT2D eigenvalue weighted by Gasteiger charge is 2.17. The molecule has 0 fully saturated rings. The van der Waals surface area contributed by atoms with Crippen molar-refractivity contribution in [2.45, 2.75) is 12.8 Å².